The fourth-order valence-electron chi connectivity index (χ4n) is 5.60. The van der Waals surface area contributed by atoms with Gasteiger partial charge in [0.1, 0.15) is 5.82 Å². The van der Waals surface area contributed by atoms with Crippen LogP contribution in [0.4, 0.5) is 4.39 Å². The van der Waals surface area contributed by atoms with Crippen molar-refractivity contribution in [1.82, 2.24) is 14.7 Å². The van der Waals surface area contributed by atoms with Gasteiger partial charge in [-0.1, -0.05) is 60.7 Å². The van der Waals surface area contributed by atoms with Gasteiger partial charge in [0.2, 0.25) is 11.8 Å². The highest BCUT2D eigenvalue weighted by Crippen LogP contribution is 2.43. The Balaban J connectivity index is 1.47. The van der Waals surface area contributed by atoms with Crippen molar-refractivity contribution in [3.63, 3.8) is 0 Å². The molecule has 1 saturated heterocycles. The lowest BCUT2D eigenvalue weighted by atomic mass is 9.72. The molecule has 1 fully saturated rings. The number of halogens is 1. The van der Waals surface area contributed by atoms with Crippen LogP contribution in [0.25, 0.3) is 16.6 Å². The third kappa shape index (κ3) is 4.08. The smallest absolute Gasteiger partial charge is 0.241 e. The van der Waals surface area contributed by atoms with Crippen LogP contribution in [0.1, 0.15) is 28.7 Å². The van der Waals surface area contributed by atoms with E-state index in [-0.39, 0.29) is 30.6 Å². The van der Waals surface area contributed by atoms with Crippen LogP contribution in [0.2, 0.25) is 0 Å². The summed E-state index contributed by atoms with van der Waals surface area (Å²) in [5.41, 5.74) is 4.22. The number of benzene rings is 4. The molecule has 1 unspecified atom stereocenters. The number of carbonyl (C=O) groups excluding carboxylic acids is 2. The Morgan fingerprint density at radius 1 is 0.868 bits per heavy atom. The Morgan fingerprint density at radius 2 is 1.53 bits per heavy atom. The number of rotatable bonds is 6. The van der Waals surface area contributed by atoms with E-state index in [9.17, 15) is 14.0 Å². The lowest BCUT2D eigenvalue weighted by Crippen LogP contribution is -2.40. The molecule has 6 rings (SSSR count). The third-order valence-corrected chi connectivity index (χ3v) is 7.44. The topological polar surface area (TPSA) is 55.2 Å². The van der Waals surface area contributed by atoms with E-state index in [4.69, 9.17) is 0 Å². The van der Waals surface area contributed by atoms with E-state index in [0.29, 0.717) is 6.42 Å². The van der Waals surface area contributed by atoms with Crippen molar-refractivity contribution in [3.05, 3.63) is 131 Å². The fraction of sp³-hybridized carbons (Fsp3) is 0.156. The fourth-order valence-corrected chi connectivity index (χ4v) is 5.60. The molecule has 2 heterocycles. The van der Waals surface area contributed by atoms with Crippen molar-refractivity contribution in [2.45, 2.75) is 31.7 Å². The summed E-state index contributed by atoms with van der Waals surface area (Å²) in [4.78, 5) is 29.1. The van der Waals surface area contributed by atoms with Gasteiger partial charge in [-0.2, -0.15) is 5.10 Å². The lowest BCUT2D eigenvalue weighted by Gasteiger charge is -2.29. The number of likely N-dealkylation sites (tertiary alicyclic amines) is 1. The van der Waals surface area contributed by atoms with Crippen LogP contribution in [0, 0.1) is 12.7 Å². The molecule has 1 atom stereocenters. The molecule has 38 heavy (non-hydrogen) atoms. The normalized spacial score (nSPS) is 17.5. The average molecular weight is 504 g/mol. The molecule has 0 spiro atoms. The molecule has 0 saturated carbocycles. The molecule has 0 N–H and O–H groups in total. The predicted molar refractivity (Wildman–Crippen MR) is 144 cm³/mol. The molecule has 5 aromatic rings. The number of nitrogens with zero attached hydrogens (tertiary/aromatic N) is 3. The minimum atomic E-state index is -1.02. The first-order valence-electron chi connectivity index (χ1n) is 12.6. The first-order valence-corrected chi connectivity index (χ1v) is 12.6. The Labute approximate surface area is 220 Å². The van der Waals surface area contributed by atoms with Gasteiger partial charge in [0.05, 0.1) is 29.4 Å². The van der Waals surface area contributed by atoms with Crippen LogP contribution in [-0.4, -0.2) is 26.5 Å². The van der Waals surface area contributed by atoms with Crippen molar-refractivity contribution in [1.29, 1.82) is 0 Å². The molecule has 0 aliphatic carbocycles. The quantitative estimate of drug-likeness (QED) is 0.271. The van der Waals surface area contributed by atoms with Gasteiger partial charge in [-0.25, -0.2) is 9.07 Å². The third-order valence-electron chi connectivity index (χ3n) is 7.44. The van der Waals surface area contributed by atoms with Gasteiger partial charge in [-0.05, 0) is 72.0 Å². The summed E-state index contributed by atoms with van der Waals surface area (Å²) in [6.45, 7) is 2.22. The molecule has 1 aliphatic rings. The van der Waals surface area contributed by atoms with E-state index in [1.165, 1.54) is 17.0 Å². The van der Waals surface area contributed by atoms with Gasteiger partial charge < -0.3 is 0 Å². The average Bonchev–Trinajstić information content (AvgIpc) is 3.44. The van der Waals surface area contributed by atoms with E-state index >= 15 is 0 Å². The number of hydrogen-bond donors (Lipinski definition) is 0. The second-order valence-corrected chi connectivity index (χ2v) is 9.95. The van der Waals surface area contributed by atoms with Crippen LogP contribution in [0.3, 0.4) is 0 Å². The molecular formula is C32H26FN3O2. The van der Waals surface area contributed by atoms with Crippen molar-refractivity contribution < 1.29 is 14.0 Å². The highest BCUT2D eigenvalue weighted by atomic mass is 19.1. The molecule has 0 radical (unpaired) electrons. The molecule has 5 nitrogen and oxygen atoms in total. The Bertz CT molecular complexity index is 1650. The monoisotopic (exact) mass is 503 g/mol. The molecule has 188 valence electrons. The van der Waals surface area contributed by atoms with Gasteiger partial charge in [0, 0.05) is 11.8 Å². The molecule has 0 bridgehead atoms. The second kappa shape index (κ2) is 9.38. The molecule has 4 aromatic carbocycles. The standard InChI is InChI=1S/C32H26FN3O2/c1-22-16-29-25(20-34-36(29)27-14-12-26(33)13-15-27)17-28(22)32(18-23-8-4-2-5-9-23)19-30(37)35(31(32)38)21-24-10-6-3-7-11-24/h2-17,20H,18-19,21H2,1H3. The molecule has 2 amide bonds. The first-order chi connectivity index (χ1) is 18.4. The van der Waals surface area contributed by atoms with Gasteiger partial charge in [-0.3, -0.25) is 14.5 Å². The second-order valence-electron chi connectivity index (χ2n) is 9.95. The van der Waals surface area contributed by atoms with Gasteiger partial charge >= 0.3 is 0 Å². The maximum atomic E-state index is 14.2. The van der Waals surface area contributed by atoms with Crippen LogP contribution in [0.5, 0.6) is 0 Å². The van der Waals surface area contributed by atoms with E-state index in [0.717, 1.165) is 38.8 Å². The summed E-state index contributed by atoms with van der Waals surface area (Å²) >= 11 is 0. The van der Waals surface area contributed by atoms with Crippen LogP contribution < -0.4 is 0 Å². The number of hydrogen-bond acceptors (Lipinski definition) is 3. The highest BCUT2D eigenvalue weighted by Gasteiger charge is 2.53. The minimum absolute atomic E-state index is 0.103. The summed E-state index contributed by atoms with van der Waals surface area (Å²) in [6, 6.07) is 29.6. The Kier molecular flexibility index (Phi) is 5.87. The van der Waals surface area contributed by atoms with Crippen LogP contribution in [-0.2, 0) is 28.0 Å². The number of aromatic nitrogens is 2. The maximum absolute atomic E-state index is 14.2. The summed E-state index contributed by atoms with van der Waals surface area (Å²) in [5, 5.41) is 5.40. The van der Waals surface area contributed by atoms with Crippen molar-refractivity contribution in [2.24, 2.45) is 0 Å². The van der Waals surface area contributed by atoms with E-state index in [2.05, 4.69) is 5.10 Å². The predicted octanol–water partition coefficient (Wildman–Crippen LogP) is 5.91. The van der Waals surface area contributed by atoms with Gasteiger partial charge in [0.15, 0.2) is 0 Å². The number of fused-ring (bicyclic) bond motifs is 1. The number of imide groups is 1. The van der Waals surface area contributed by atoms with Gasteiger partial charge in [-0.15, -0.1) is 0 Å². The summed E-state index contributed by atoms with van der Waals surface area (Å²) in [6.07, 6.45) is 2.27. The summed E-state index contributed by atoms with van der Waals surface area (Å²) in [5.74, 6) is -0.657. The Morgan fingerprint density at radius 3 is 2.21 bits per heavy atom. The highest BCUT2D eigenvalue weighted by molar-refractivity contribution is 6.09. The van der Waals surface area contributed by atoms with E-state index in [1.807, 2.05) is 79.7 Å². The summed E-state index contributed by atoms with van der Waals surface area (Å²) in [7, 11) is 0. The number of aryl methyl sites for hydroxylation is 1. The first kappa shape index (κ1) is 23.8. The van der Waals surface area contributed by atoms with Gasteiger partial charge in [0.25, 0.3) is 0 Å². The minimum Gasteiger partial charge on any atom is -0.277 e. The van der Waals surface area contributed by atoms with Crippen LogP contribution in [0.15, 0.2) is 103 Å². The largest absolute Gasteiger partial charge is 0.277 e. The van der Waals surface area contributed by atoms with Crippen molar-refractivity contribution in [3.8, 4) is 5.69 Å². The van der Waals surface area contributed by atoms with Crippen LogP contribution >= 0.6 is 0 Å². The van der Waals surface area contributed by atoms with Crippen molar-refractivity contribution in [2.75, 3.05) is 0 Å². The zero-order valence-corrected chi connectivity index (χ0v) is 21.0. The Hall–Kier alpha value is -4.58. The number of carbonyl (C=O) groups is 2. The molecule has 6 heteroatoms. The maximum Gasteiger partial charge on any atom is 0.241 e. The summed E-state index contributed by atoms with van der Waals surface area (Å²) < 4.78 is 15.3. The molecule has 1 aliphatic heterocycles. The SMILES string of the molecule is Cc1cc2c(cnn2-c2ccc(F)cc2)cc1C1(Cc2ccccc2)CC(=O)N(Cc2ccccc2)C1=O. The van der Waals surface area contributed by atoms with E-state index < -0.39 is 5.41 Å². The van der Waals surface area contributed by atoms with Crippen molar-refractivity contribution >= 4 is 22.7 Å². The lowest BCUT2D eigenvalue weighted by molar-refractivity contribution is -0.140. The zero-order valence-electron chi connectivity index (χ0n) is 21.0. The van der Waals surface area contributed by atoms with E-state index in [1.54, 1.807) is 23.0 Å². The molecule has 1 aromatic heterocycles. The zero-order chi connectivity index (χ0) is 26.3. The molecular weight excluding hydrogens is 477 g/mol. The number of amides is 2.